The Hall–Kier alpha value is -15.0. The molecule has 0 aromatic heterocycles. The molecule has 640 valence electrons. The third kappa shape index (κ3) is 11.5. The van der Waals surface area contributed by atoms with Gasteiger partial charge >= 0.3 is 713 Å². The molecule has 2 aliphatic heterocycles. The first-order valence-electron chi connectivity index (χ1n) is 48.8. The minimum atomic E-state index is -1.27. The number of hydrogen-bond acceptors (Lipinski definition) is 0. The molecule has 6 aliphatic rings. The third-order valence-corrected chi connectivity index (χ3v) is 44.4. The van der Waals surface area contributed by atoms with Gasteiger partial charge in [-0.3, -0.25) is 0 Å². The molecule has 0 amide bonds. The zero-order valence-corrected chi connectivity index (χ0v) is 90.8. The Bertz CT molecular complexity index is 9380. The fourth-order valence-corrected chi connectivity index (χ4v) is 37.8. The molecule has 0 bridgehead atoms. The van der Waals surface area contributed by atoms with Crippen molar-refractivity contribution in [2.75, 3.05) is 0 Å². The van der Waals surface area contributed by atoms with E-state index in [0.29, 0.717) is 33.0 Å². The molecule has 0 radical (unpaired) electrons. The number of benzene rings is 24. The van der Waals surface area contributed by atoms with E-state index >= 15 is 0 Å². The Kier molecular flexibility index (Phi) is 18.2. The molecule has 0 N–H and O–H groups in total. The molecule has 0 saturated heterocycles. The molecular weight excluding hydrogens is 1900 g/mol. The second-order valence-corrected chi connectivity index (χ2v) is 51.0. The van der Waals surface area contributed by atoms with Gasteiger partial charge in [-0.15, -0.1) is 0 Å². The average Bonchev–Trinajstić information content (AvgIpc) is 1.50. The molecule has 24 aromatic carbocycles. The van der Waals surface area contributed by atoms with Crippen LogP contribution in [0.4, 0.5) is 0 Å². The summed E-state index contributed by atoms with van der Waals surface area (Å²) in [6.45, 7) is 0. The van der Waals surface area contributed by atoms with Crippen molar-refractivity contribution in [2.45, 2.75) is 10.8 Å². The second-order valence-electron chi connectivity index (χ2n) is 38.8. The Morgan fingerprint density at radius 2 is 0.449 bits per heavy atom. The quantitative estimate of drug-likeness (QED) is 0.105. The summed E-state index contributed by atoms with van der Waals surface area (Å²) < 4.78 is 9.30. The van der Waals surface area contributed by atoms with Crippen molar-refractivity contribution in [1.29, 1.82) is 0 Å². The van der Waals surface area contributed by atoms with E-state index in [4.69, 9.17) is 0 Å². The Labute approximate surface area is 831 Å². The maximum absolute atomic E-state index is 2.56. The van der Waals surface area contributed by atoms with E-state index in [-0.39, 0.29) is 0 Å². The average molecular weight is 1990 g/mol. The molecule has 2 spiro atoms. The summed E-state index contributed by atoms with van der Waals surface area (Å²) in [6.07, 6.45) is 0. The monoisotopic (exact) mass is 1990 g/mol. The van der Waals surface area contributed by atoms with Crippen LogP contribution in [0.2, 0.25) is 0 Å². The van der Waals surface area contributed by atoms with E-state index in [2.05, 4.69) is 473 Å². The fraction of sp³-hybridized carbons (Fsp3) is 0.0149. The van der Waals surface area contributed by atoms with Gasteiger partial charge in [0.15, 0.2) is 0 Å². The van der Waals surface area contributed by atoms with Crippen LogP contribution in [0.15, 0.2) is 473 Å². The summed E-state index contributed by atoms with van der Waals surface area (Å²) in [7, 11) is 0. The van der Waals surface area contributed by atoms with Crippen molar-refractivity contribution in [3.8, 4) is 156 Å². The van der Waals surface area contributed by atoms with Gasteiger partial charge in [-0.05, 0) is 11.1 Å². The normalized spacial score (nSPS) is 13.7. The van der Waals surface area contributed by atoms with E-state index in [0.717, 1.165) is 0 Å². The van der Waals surface area contributed by atoms with Gasteiger partial charge in [0.1, 0.15) is 0 Å². The number of fused-ring (bicyclic) bond motifs is 34. The second kappa shape index (κ2) is 31.3. The van der Waals surface area contributed by atoms with Gasteiger partial charge in [-0.25, -0.2) is 0 Å². The summed E-state index contributed by atoms with van der Waals surface area (Å²) in [5.74, 6) is 0. The van der Waals surface area contributed by atoms with Gasteiger partial charge in [0.05, 0.1) is 0 Å². The Balaban J connectivity index is 0.000000133. The predicted octanol–water partition coefficient (Wildman–Crippen LogP) is 26.5. The maximum atomic E-state index is 2.56. The molecule has 30 rings (SSSR count). The van der Waals surface area contributed by atoms with E-state index in [9.17, 15) is 0 Å². The van der Waals surface area contributed by atoms with Crippen LogP contribution in [0.3, 0.4) is 0 Å². The van der Waals surface area contributed by atoms with Gasteiger partial charge in [-0.2, -0.15) is 0 Å². The first kappa shape index (κ1) is 80.3. The molecule has 2 heterocycles. The molecule has 0 nitrogen and oxygen atoms in total. The molecule has 0 saturated carbocycles. The van der Waals surface area contributed by atoms with Gasteiger partial charge in [0.2, 0.25) is 0 Å². The molecule has 4 aliphatic carbocycles. The van der Waals surface area contributed by atoms with Gasteiger partial charge in [0.25, 0.3) is 0 Å². The van der Waals surface area contributed by atoms with Crippen molar-refractivity contribution in [1.82, 2.24) is 0 Å². The van der Waals surface area contributed by atoms with Gasteiger partial charge < -0.3 is 0 Å². The van der Waals surface area contributed by atoms with Crippen LogP contribution < -0.4 is 26.4 Å². The summed E-state index contributed by atoms with van der Waals surface area (Å²) in [5, 5.41) is 15.4. The number of rotatable bonds is 8. The van der Waals surface area contributed by atoms with E-state index in [1.54, 1.807) is 17.6 Å². The van der Waals surface area contributed by atoms with Crippen molar-refractivity contribution < 1.29 is 0 Å². The predicted molar refractivity (Wildman–Crippen MR) is 600 cm³/mol. The third-order valence-electron chi connectivity index (χ3n) is 32.2. The molecular formula is C134H88Ge4. The zero-order chi connectivity index (χ0) is 90.7. The van der Waals surface area contributed by atoms with Crippen molar-refractivity contribution in [3.63, 3.8) is 0 Å². The molecule has 0 unspecified atom stereocenters. The molecule has 138 heavy (non-hydrogen) atoms. The molecule has 0 fully saturated rings. The van der Waals surface area contributed by atoms with Crippen LogP contribution >= 0.6 is 0 Å². The summed E-state index contributed by atoms with van der Waals surface area (Å²) in [6, 6.07) is 182. The summed E-state index contributed by atoms with van der Waals surface area (Å²) >= 11 is -1.32. The van der Waals surface area contributed by atoms with Crippen molar-refractivity contribution >= 4 is 155 Å². The Morgan fingerprint density at radius 1 is 0.145 bits per heavy atom. The van der Waals surface area contributed by atoms with E-state index in [1.165, 1.54) is 274 Å². The Morgan fingerprint density at radius 3 is 0.964 bits per heavy atom. The first-order chi connectivity index (χ1) is 68.3. The van der Waals surface area contributed by atoms with Crippen LogP contribution in [0.5, 0.6) is 0 Å². The minimum absolute atomic E-state index is 0.472. The topological polar surface area (TPSA) is 0 Å². The molecule has 0 atom stereocenters. The fourth-order valence-electron chi connectivity index (χ4n) is 26.6. The summed E-state index contributed by atoms with van der Waals surface area (Å²) in [5.41, 5.74) is 47.3. The van der Waals surface area contributed by atoms with Crippen LogP contribution in [-0.4, -0.2) is 63.9 Å². The van der Waals surface area contributed by atoms with Crippen LogP contribution in [0, 0.1) is 0 Å². The van der Waals surface area contributed by atoms with Crippen LogP contribution in [0.1, 0.15) is 44.5 Å². The van der Waals surface area contributed by atoms with E-state index < -0.39 is 41.7 Å². The van der Waals surface area contributed by atoms with Gasteiger partial charge in [-0.1, -0.05) is 115 Å². The number of hydrogen-bond donors (Lipinski definition) is 0. The first-order valence-corrected chi connectivity index (χ1v) is 58.9. The SMILES string of the molecule is [GeH3][c]1ccccc1-c1cccc(-c2cccc3c(-c4cccc5c4-c4c(ccc6ccccc46)C54c5ccccc5-c5ccccc54)c4cccc(-c5cccc6[c]5[GeH2][c]5ccccc5-6)c4cc23)c1.[GeH3][c]1ccccc1-c1ccccc1-c1cccc2c(-c3cccc4c3-c3c(ccc5ccccc35)C43c4ccccc4-c4ccccc43)c3cccc(-c4ccc[c]5c4-c4cccc[c]4[GeH2]5)c3cc12. The zero-order valence-electron chi connectivity index (χ0n) is 76.4. The molecule has 4 heteroatoms. The van der Waals surface area contributed by atoms with Crippen LogP contribution in [0.25, 0.3) is 220 Å². The van der Waals surface area contributed by atoms with Gasteiger partial charge in [0, 0.05) is 0 Å². The van der Waals surface area contributed by atoms with Crippen molar-refractivity contribution in [3.05, 3.63) is 518 Å². The summed E-state index contributed by atoms with van der Waals surface area (Å²) in [4.78, 5) is 0. The van der Waals surface area contributed by atoms with Crippen LogP contribution in [-0.2, 0) is 10.8 Å². The molecule has 24 aromatic rings. The van der Waals surface area contributed by atoms with Crippen molar-refractivity contribution in [2.24, 2.45) is 0 Å². The standard InChI is InChI=1S/2C67H44Ge2/c68-61-34-9-5-19-44(61)42-18-11-17-41(38-42)43-24-12-26-50-55(43)39-56-46(52-28-14-29-53-49-23-6-10-35-62(49)69-66(52)53)25-13-27-51(56)63(50)54-30-15-33-59-65(54)64-45-20-2-1-16-40(45)36-37-60(64)67(59)57-31-7-3-21-47(57)48-22-4-8-32-58(48)67;68-60-34-11-7-23-48(60)43-20-4-3-19-42(43)44-25-13-27-50-54(44)39-55-45(49-29-16-36-62-64(49)52-24-8-12-35-61(52)69-62)26-14-28-51(55)63(50)53-30-15-33-58-66(53)65-41-18-2-1-17-40(41)37-38-59(65)67(58)56-31-9-5-21-46(56)47-22-6-10-32-57(47)67/h2*1-39H,69H2,68H3. The van der Waals surface area contributed by atoms with E-state index in [1.807, 2.05) is 0 Å².